The number of para-hydroxylation sites is 1. The topological polar surface area (TPSA) is 82.6 Å². The summed E-state index contributed by atoms with van der Waals surface area (Å²) in [6, 6.07) is 14.9. The smallest absolute Gasteiger partial charge is 0.238 e. The van der Waals surface area contributed by atoms with Crippen LogP contribution in [-0.4, -0.2) is 34.3 Å². The highest BCUT2D eigenvalue weighted by molar-refractivity contribution is 8.00. The number of carbonyl (C=O) groups excluding carboxylic acids is 2. The van der Waals surface area contributed by atoms with Crippen LogP contribution in [0.4, 0.5) is 5.69 Å². The minimum atomic E-state index is -0.294. The number of hydrogen-bond acceptors (Lipinski definition) is 7. The van der Waals surface area contributed by atoms with Crippen molar-refractivity contribution in [3.63, 3.8) is 0 Å². The minimum Gasteiger partial charge on any atom is -0.504 e. The van der Waals surface area contributed by atoms with Crippen LogP contribution in [0.1, 0.15) is 22.8 Å². The monoisotopic (exact) mass is 522 g/mol. The second kappa shape index (κ2) is 7.69. The van der Waals surface area contributed by atoms with Crippen LogP contribution in [0.25, 0.3) is 0 Å². The summed E-state index contributed by atoms with van der Waals surface area (Å²) in [5.41, 5.74) is 1.65. The fourth-order valence-corrected chi connectivity index (χ4v) is 10.5. The predicted octanol–water partition coefficient (Wildman–Crippen LogP) is 5.20. The molecule has 2 bridgehead atoms. The van der Waals surface area contributed by atoms with Gasteiger partial charge in [0.25, 0.3) is 0 Å². The molecule has 9 heteroatoms. The number of aromatic amines is 1. The molecule has 7 rings (SSSR count). The number of aromatic nitrogens is 1. The van der Waals surface area contributed by atoms with Crippen LogP contribution >= 0.6 is 35.3 Å². The van der Waals surface area contributed by atoms with Crippen molar-refractivity contribution in [3.8, 4) is 11.5 Å². The Morgan fingerprint density at radius 2 is 1.83 bits per heavy atom. The molecule has 3 fully saturated rings. The van der Waals surface area contributed by atoms with E-state index in [1.54, 1.807) is 35.2 Å². The maximum atomic E-state index is 13.7. The van der Waals surface area contributed by atoms with Crippen molar-refractivity contribution in [2.24, 2.45) is 29.6 Å². The Morgan fingerprint density at radius 1 is 1.09 bits per heavy atom. The second-order valence-corrected chi connectivity index (χ2v) is 12.6. The number of benzene rings is 2. The molecule has 2 saturated carbocycles. The van der Waals surface area contributed by atoms with Crippen LogP contribution in [0.3, 0.4) is 0 Å². The average Bonchev–Trinajstić information content (AvgIpc) is 3.58. The third kappa shape index (κ3) is 2.92. The minimum absolute atomic E-state index is 0.00404. The highest BCUT2D eigenvalue weighted by Gasteiger charge is 2.69. The van der Waals surface area contributed by atoms with E-state index >= 15 is 0 Å². The largest absolute Gasteiger partial charge is 0.504 e. The van der Waals surface area contributed by atoms with E-state index in [-0.39, 0.29) is 58.3 Å². The van der Waals surface area contributed by atoms with Gasteiger partial charge in [0, 0.05) is 16.0 Å². The normalized spacial score (nSPS) is 32.5. The number of fused-ring (bicyclic) bond motifs is 9. The Hall–Kier alpha value is -2.62. The number of methoxy groups -OCH3 is 1. The van der Waals surface area contributed by atoms with Crippen molar-refractivity contribution in [2.75, 3.05) is 12.0 Å². The summed E-state index contributed by atoms with van der Waals surface area (Å²) >= 11 is 8.87. The molecule has 2 amide bonds. The molecular weight excluding hydrogens is 500 g/mol. The lowest BCUT2D eigenvalue weighted by Gasteiger charge is -2.43. The summed E-state index contributed by atoms with van der Waals surface area (Å²) in [7, 11) is 1.54. The van der Waals surface area contributed by atoms with Crippen LogP contribution in [0, 0.1) is 33.5 Å². The van der Waals surface area contributed by atoms with Crippen molar-refractivity contribution in [3.05, 3.63) is 62.9 Å². The maximum absolute atomic E-state index is 13.7. The van der Waals surface area contributed by atoms with Gasteiger partial charge in [0.05, 0.1) is 29.7 Å². The Labute approximate surface area is 215 Å². The lowest BCUT2D eigenvalue weighted by Crippen LogP contribution is -2.42. The first-order valence-electron chi connectivity index (χ1n) is 11.7. The summed E-state index contributed by atoms with van der Waals surface area (Å²) in [4.78, 5) is 33.3. The number of rotatable bonds is 3. The summed E-state index contributed by atoms with van der Waals surface area (Å²) in [6.07, 6.45) is 0.881. The van der Waals surface area contributed by atoms with Crippen molar-refractivity contribution in [1.29, 1.82) is 0 Å². The first kappa shape index (κ1) is 21.6. The van der Waals surface area contributed by atoms with Gasteiger partial charge < -0.3 is 14.8 Å². The molecule has 2 aliphatic carbocycles. The molecule has 7 atom stereocenters. The number of thioether (sulfide) groups is 1. The van der Waals surface area contributed by atoms with Gasteiger partial charge in [0.2, 0.25) is 11.8 Å². The SMILES string of the molecule is COc1ccc(C2c3sc(=S)[nH]c3SC3C4CC(C5C(=O)N(c6ccccc6)C(=O)C45)C23)cc1O. The third-order valence-electron chi connectivity index (χ3n) is 8.30. The standard InChI is InChI=1S/C26H22N2O4S3/c1-32-16-8-7-11(9-15(16)29)17-18-13-10-14(21(18)34-23-22(17)35-26(33)27-23)20-19(13)24(30)28(25(20)31)12-5-3-2-4-6-12/h2-9,13-14,17-21,29H,10H2,1H3,(H,27,33). The molecule has 2 aliphatic heterocycles. The summed E-state index contributed by atoms with van der Waals surface area (Å²) in [5.74, 6) is 0.263. The predicted molar refractivity (Wildman–Crippen MR) is 137 cm³/mol. The number of anilines is 1. The average molecular weight is 523 g/mol. The number of imide groups is 1. The highest BCUT2D eigenvalue weighted by Crippen LogP contribution is 2.69. The number of phenolic OH excluding ortho intramolecular Hbond substituents is 1. The van der Waals surface area contributed by atoms with Crippen molar-refractivity contribution in [2.45, 2.75) is 22.6 Å². The van der Waals surface area contributed by atoms with Crippen LogP contribution in [-0.2, 0) is 9.59 Å². The van der Waals surface area contributed by atoms with Crippen LogP contribution in [0.15, 0.2) is 53.6 Å². The van der Waals surface area contributed by atoms with E-state index in [9.17, 15) is 14.7 Å². The Balaban J connectivity index is 1.34. The van der Waals surface area contributed by atoms with E-state index in [0.717, 1.165) is 25.8 Å². The third-order valence-corrected chi connectivity index (χ3v) is 11.2. The fourth-order valence-electron chi connectivity index (χ4n) is 7.12. The molecule has 4 aliphatic rings. The zero-order chi connectivity index (χ0) is 24.0. The molecular formula is C26H22N2O4S3. The van der Waals surface area contributed by atoms with Gasteiger partial charge in [-0.25, -0.2) is 0 Å². The first-order chi connectivity index (χ1) is 17.0. The quantitative estimate of drug-likeness (QED) is 0.364. The molecule has 1 aromatic heterocycles. The number of carbonyl (C=O) groups is 2. The van der Waals surface area contributed by atoms with Gasteiger partial charge in [-0.1, -0.05) is 24.3 Å². The molecule has 7 unspecified atom stereocenters. The number of aromatic hydroxyl groups is 1. The number of amides is 2. The van der Waals surface area contributed by atoms with E-state index in [1.807, 2.05) is 36.4 Å². The van der Waals surface area contributed by atoms with Crippen molar-refractivity contribution in [1.82, 2.24) is 4.98 Å². The second-order valence-electron chi connectivity index (χ2n) is 9.74. The van der Waals surface area contributed by atoms with E-state index in [1.165, 1.54) is 12.0 Å². The summed E-state index contributed by atoms with van der Waals surface area (Å²) in [6.45, 7) is 0. The van der Waals surface area contributed by atoms with E-state index in [0.29, 0.717) is 11.4 Å². The number of H-pyrrole nitrogens is 1. The van der Waals surface area contributed by atoms with Gasteiger partial charge in [-0.2, -0.15) is 0 Å². The van der Waals surface area contributed by atoms with Gasteiger partial charge in [-0.05, 0) is 66.2 Å². The molecule has 2 N–H and O–H groups in total. The van der Waals surface area contributed by atoms with Gasteiger partial charge in [0.15, 0.2) is 15.5 Å². The van der Waals surface area contributed by atoms with Gasteiger partial charge in [-0.15, -0.1) is 23.1 Å². The molecule has 0 radical (unpaired) electrons. The molecule has 0 spiro atoms. The molecule has 2 aromatic carbocycles. The first-order valence-corrected chi connectivity index (χ1v) is 13.8. The summed E-state index contributed by atoms with van der Waals surface area (Å²) < 4.78 is 5.99. The molecule has 1 saturated heterocycles. The number of thiazole rings is 1. The Bertz CT molecular complexity index is 1430. The Morgan fingerprint density at radius 3 is 2.54 bits per heavy atom. The van der Waals surface area contributed by atoms with Crippen LogP contribution in [0.2, 0.25) is 0 Å². The number of phenols is 1. The number of nitrogens with one attached hydrogen (secondary N) is 1. The van der Waals surface area contributed by atoms with Gasteiger partial charge >= 0.3 is 0 Å². The maximum Gasteiger partial charge on any atom is 0.238 e. The van der Waals surface area contributed by atoms with Crippen molar-refractivity contribution >= 4 is 52.8 Å². The van der Waals surface area contributed by atoms with Crippen LogP contribution < -0.4 is 9.64 Å². The van der Waals surface area contributed by atoms with E-state index < -0.39 is 0 Å². The fraction of sp³-hybridized carbons (Fsp3) is 0.346. The van der Waals surface area contributed by atoms with E-state index in [4.69, 9.17) is 17.0 Å². The lowest BCUT2D eigenvalue weighted by molar-refractivity contribution is -0.123. The molecule has 3 heterocycles. The zero-order valence-electron chi connectivity index (χ0n) is 18.7. The number of nitrogens with zero attached hydrogens (tertiary/aromatic N) is 1. The highest BCUT2D eigenvalue weighted by atomic mass is 32.2. The molecule has 35 heavy (non-hydrogen) atoms. The number of ether oxygens (including phenoxy) is 1. The Kier molecular flexibility index (Phi) is 4.75. The molecule has 178 valence electrons. The zero-order valence-corrected chi connectivity index (χ0v) is 21.2. The molecule has 3 aromatic rings. The van der Waals surface area contributed by atoms with Gasteiger partial charge in [0.1, 0.15) is 0 Å². The summed E-state index contributed by atoms with van der Waals surface area (Å²) in [5, 5.41) is 11.8. The van der Waals surface area contributed by atoms with Gasteiger partial charge in [-0.3, -0.25) is 14.5 Å². The van der Waals surface area contributed by atoms with Crippen molar-refractivity contribution < 1.29 is 19.4 Å². The lowest BCUT2D eigenvalue weighted by atomic mass is 9.68. The van der Waals surface area contributed by atoms with E-state index in [2.05, 4.69) is 4.98 Å². The number of hydrogen-bond donors (Lipinski definition) is 2. The molecule has 6 nitrogen and oxygen atoms in total. The van der Waals surface area contributed by atoms with Crippen LogP contribution in [0.5, 0.6) is 11.5 Å².